The van der Waals surface area contributed by atoms with Gasteiger partial charge in [-0.25, -0.2) is 19.3 Å². The molecule has 2 aliphatic rings. The number of hydrogen-bond donors (Lipinski definition) is 2. The van der Waals surface area contributed by atoms with Gasteiger partial charge in [-0.05, 0) is 67.5 Å². The van der Waals surface area contributed by atoms with Crippen LogP contribution in [0.5, 0.6) is 0 Å². The van der Waals surface area contributed by atoms with E-state index in [9.17, 15) is 9.59 Å². The van der Waals surface area contributed by atoms with Crippen molar-refractivity contribution in [3.63, 3.8) is 0 Å². The zero-order chi connectivity index (χ0) is 29.7. The highest BCUT2D eigenvalue weighted by Crippen LogP contribution is 2.61. The van der Waals surface area contributed by atoms with Gasteiger partial charge in [0.05, 0.1) is 35.7 Å². The lowest BCUT2D eigenvalue weighted by Crippen LogP contribution is -2.52. The smallest absolute Gasteiger partial charge is 0.308 e. The van der Waals surface area contributed by atoms with Crippen LogP contribution in [0.3, 0.4) is 0 Å². The largest absolute Gasteiger partial charge is 0.469 e. The molecule has 2 fully saturated rings. The highest BCUT2D eigenvalue weighted by molar-refractivity contribution is 5.94. The summed E-state index contributed by atoms with van der Waals surface area (Å²) in [6.07, 6.45) is 4.47. The van der Waals surface area contributed by atoms with E-state index in [0.717, 1.165) is 24.1 Å². The van der Waals surface area contributed by atoms with Gasteiger partial charge in [0.2, 0.25) is 5.91 Å². The van der Waals surface area contributed by atoms with Crippen molar-refractivity contribution in [1.82, 2.24) is 19.5 Å². The third kappa shape index (κ3) is 4.68. The Balaban J connectivity index is 1.19. The van der Waals surface area contributed by atoms with Crippen molar-refractivity contribution in [3.8, 4) is 28.3 Å². The van der Waals surface area contributed by atoms with Gasteiger partial charge in [-0.15, -0.1) is 0 Å². The first kappa shape index (κ1) is 26.8. The second-order valence-electron chi connectivity index (χ2n) is 11.5. The Hall–Kier alpha value is -5.12. The van der Waals surface area contributed by atoms with Gasteiger partial charge in [0.1, 0.15) is 17.2 Å². The van der Waals surface area contributed by atoms with Gasteiger partial charge in [-0.3, -0.25) is 14.2 Å². The summed E-state index contributed by atoms with van der Waals surface area (Å²) in [6, 6.07) is 21.8. The number of rotatable bonds is 6. The summed E-state index contributed by atoms with van der Waals surface area (Å²) in [4.78, 5) is 38.6. The van der Waals surface area contributed by atoms with E-state index in [1.807, 2.05) is 48.5 Å². The fraction of sp³-hybridized carbons (Fsp3) is 0.242. The Bertz CT molecular complexity index is 1870. The van der Waals surface area contributed by atoms with Gasteiger partial charge in [0.15, 0.2) is 11.5 Å². The summed E-state index contributed by atoms with van der Waals surface area (Å²) in [5.74, 6) is -0.522. The average Bonchev–Trinajstić information content (AvgIpc) is 3.36. The third-order valence-electron chi connectivity index (χ3n) is 8.75. The number of halogens is 1. The van der Waals surface area contributed by atoms with Crippen molar-refractivity contribution in [3.05, 3.63) is 84.8 Å². The van der Waals surface area contributed by atoms with E-state index in [-0.39, 0.29) is 40.6 Å². The van der Waals surface area contributed by atoms with E-state index in [2.05, 4.69) is 10.3 Å². The van der Waals surface area contributed by atoms with Crippen molar-refractivity contribution in [2.75, 3.05) is 18.2 Å². The number of imidazole rings is 1. The second-order valence-corrected chi connectivity index (χ2v) is 11.5. The third-order valence-corrected chi connectivity index (χ3v) is 8.75. The van der Waals surface area contributed by atoms with Crippen LogP contribution in [-0.4, -0.2) is 38.5 Å². The lowest BCUT2D eigenvalue weighted by Gasteiger charge is -2.56. The normalized spacial score (nSPS) is 20.8. The first-order chi connectivity index (χ1) is 20.8. The fourth-order valence-corrected chi connectivity index (χ4v) is 6.56. The fourth-order valence-electron chi connectivity index (χ4n) is 6.56. The molecule has 1 amide bonds. The van der Waals surface area contributed by atoms with Crippen LogP contribution in [0, 0.1) is 23.1 Å². The van der Waals surface area contributed by atoms with Gasteiger partial charge in [0.25, 0.3) is 0 Å². The number of hydrogen-bond acceptors (Lipinski definition) is 7. The molecular weight excluding hydrogens is 547 g/mol. The predicted molar refractivity (Wildman–Crippen MR) is 160 cm³/mol. The molecule has 9 nitrogen and oxygen atoms in total. The molecule has 216 valence electrons. The van der Waals surface area contributed by atoms with E-state index in [4.69, 9.17) is 20.4 Å². The summed E-state index contributed by atoms with van der Waals surface area (Å²) in [5, 5.41) is 2.76. The Morgan fingerprint density at radius 3 is 2.47 bits per heavy atom. The van der Waals surface area contributed by atoms with Crippen molar-refractivity contribution >= 4 is 34.5 Å². The topological polar surface area (TPSA) is 125 Å². The molecule has 1 spiro atoms. The molecule has 3 N–H and O–H groups in total. The quantitative estimate of drug-likeness (QED) is 0.245. The van der Waals surface area contributed by atoms with Crippen molar-refractivity contribution < 1.29 is 18.7 Å². The number of esters is 1. The van der Waals surface area contributed by atoms with Gasteiger partial charge >= 0.3 is 5.97 Å². The molecule has 0 atom stereocenters. The number of pyridine rings is 2. The molecule has 7 rings (SSSR count). The van der Waals surface area contributed by atoms with Crippen molar-refractivity contribution in [2.45, 2.75) is 25.7 Å². The first-order valence-electron chi connectivity index (χ1n) is 14.2. The maximum atomic E-state index is 15.6. The lowest BCUT2D eigenvalue weighted by atomic mass is 9.48. The number of methoxy groups -OCH3 is 1. The molecule has 5 aromatic rings. The highest BCUT2D eigenvalue weighted by atomic mass is 19.1. The van der Waals surface area contributed by atoms with E-state index < -0.39 is 5.82 Å². The highest BCUT2D eigenvalue weighted by Gasteiger charge is 2.56. The number of ether oxygens (including phenoxy) is 1. The number of amides is 1. The number of nitrogens with two attached hydrogens (primary N) is 1. The molecule has 10 heteroatoms. The van der Waals surface area contributed by atoms with E-state index in [0.29, 0.717) is 41.1 Å². The zero-order valence-electron chi connectivity index (χ0n) is 23.5. The minimum Gasteiger partial charge on any atom is -0.469 e. The van der Waals surface area contributed by atoms with Crippen molar-refractivity contribution in [1.29, 1.82) is 0 Å². The standard InChI is InChI=1S/C33H29FN6O3/c1-43-32(42)21-17-33(18-21)15-20(16-33)31(41)39-26-10-9-22(14-24(26)34)40-29(23-8-5-13-36-28(23)35)38-27-12-11-25(37-30(27)40)19-6-3-2-4-7-19/h2-14,20-21H,15-18H2,1H3,(H2,35,36)(H,39,41). The Morgan fingerprint density at radius 1 is 0.977 bits per heavy atom. The van der Waals surface area contributed by atoms with E-state index in [1.165, 1.54) is 13.2 Å². The minimum absolute atomic E-state index is 0.0297. The Labute approximate surface area is 246 Å². The molecule has 0 radical (unpaired) electrons. The summed E-state index contributed by atoms with van der Waals surface area (Å²) < 4.78 is 22.2. The average molecular weight is 577 g/mol. The van der Waals surface area contributed by atoms with E-state index in [1.54, 1.807) is 29.0 Å². The number of anilines is 2. The summed E-state index contributed by atoms with van der Waals surface area (Å²) >= 11 is 0. The van der Waals surface area contributed by atoms with Crippen molar-refractivity contribution in [2.24, 2.45) is 17.3 Å². The molecule has 0 unspecified atom stereocenters. The van der Waals surface area contributed by atoms with Crippen LogP contribution in [-0.2, 0) is 14.3 Å². The number of benzene rings is 2. The molecular formula is C33H29FN6O3. The van der Waals surface area contributed by atoms with Crippen LogP contribution in [0.4, 0.5) is 15.9 Å². The number of nitrogen functional groups attached to an aromatic ring is 1. The number of carbonyl (C=O) groups is 2. The second kappa shape index (κ2) is 10.3. The van der Waals surface area contributed by atoms with Gasteiger partial charge in [0, 0.05) is 23.7 Å². The number of nitrogens with zero attached hydrogens (tertiary/aromatic N) is 4. The molecule has 0 aliphatic heterocycles. The van der Waals surface area contributed by atoms with Crippen LogP contribution in [0.25, 0.3) is 39.5 Å². The molecule has 2 saturated carbocycles. The van der Waals surface area contributed by atoms with Crippen LogP contribution in [0.15, 0.2) is 79.0 Å². The van der Waals surface area contributed by atoms with Crippen LogP contribution < -0.4 is 11.1 Å². The van der Waals surface area contributed by atoms with Crippen LogP contribution in [0.1, 0.15) is 25.7 Å². The van der Waals surface area contributed by atoms with Gasteiger partial charge < -0.3 is 15.8 Å². The first-order valence-corrected chi connectivity index (χ1v) is 14.2. The zero-order valence-corrected chi connectivity index (χ0v) is 23.5. The molecule has 43 heavy (non-hydrogen) atoms. The monoisotopic (exact) mass is 576 g/mol. The maximum Gasteiger partial charge on any atom is 0.308 e. The predicted octanol–water partition coefficient (Wildman–Crippen LogP) is 5.79. The number of fused-ring (bicyclic) bond motifs is 1. The molecule has 0 saturated heterocycles. The van der Waals surface area contributed by atoms with Gasteiger partial charge in [-0.2, -0.15) is 0 Å². The number of nitrogens with one attached hydrogen (secondary N) is 1. The number of aromatic nitrogens is 4. The Kier molecular flexibility index (Phi) is 6.41. The Morgan fingerprint density at radius 2 is 1.74 bits per heavy atom. The molecule has 2 aliphatic carbocycles. The lowest BCUT2D eigenvalue weighted by molar-refractivity contribution is -0.163. The minimum atomic E-state index is -0.583. The van der Waals surface area contributed by atoms with Gasteiger partial charge in [-0.1, -0.05) is 30.3 Å². The summed E-state index contributed by atoms with van der Waals surface area (Å²) in [5.41, 5.74) is 10.2. The SMILES string of the molecule is COC(=O)C1CC2(CC(C(=O)Nc3ccc(-n4c(-c5cccnc5N)nc5ccc(-c6ccccc6)nc54)cc3F)C2)C1. The number of carbonyl (C=O) groups excluding carboxylic acids is 2. The summed E-state index contributed by atoms with van der Waals surface area (Å²) in [6.45, 7) is 0. The molecule has 3 aromatic heterocycles. The molecule has 2 aromatic carbocycles. The molecule has 3 heterocycles. The van der Waals surface area contributed by atoms with E-state index >= 15 is 4.39 Å². The van der Waals surface area contributed by atoms with Crippen LogP contribution >= 0.6 is 0 Å². The maximum absolute atomic E-state index is 15.6. The van der Waals surface area contributed by atoms with Crippen LogP contribution in [0.2, 0.25) is 0 Å². The summed E-state index contributed by atoms with van der Waals surface area (Å²) in [7, 11) is 1.40. The molecule has 0 bridgehead atoms.